The van der Waals surface area contributed by atoms with Crippen LogP contribution in [0.2, 0.25) is 0 Å². The SMILES string of the molecule is C=CCNc1cc(OC)c(C)cc1N. The van der Waals surface area contributed by atoms with Gasteiger partial charge in [0.2, 0.25) is 0 Å². The van der Waals surface area contributed by atoms with Gasteiger partial charge >= 0.3 is 0 Å². The van der Waals surface area contributed by atoms with Crippen molar-refractivity contribution >= 4 is 11.4 Å². The van der Waals surface area contributed by atoms with Gasteiger partial charge in [-0.3, -0.25) is 0 Å². The molecule has 1 aromatic carbocycles. The maximum Gasteiger partial charge on any atom is 0.123 e. The summed E-state index contributed by atoms with van der Waals surface area (Å²) >= 11 is 0. The highest BCUT2D eigenvalue weighted by atomic mass is 16.5. The van der Waals surface area contributed by atoms with Gasteiger partial charge < -0.3 is 15.8 Å². The Morgan fingerprint density at radius 3 is 2.86 bits per heavy atom. The molecule has 0 atom stereocenters. The molecule has 0 aliphatic carbocycles. The Labute approximate surface area is 84.6 Å². The van der Waals surface area contributed by atoms with E-state index in [4.69, 9.17) is 10.5 Å². The van der Waals surface area contributed by atoms with Crippen LogP contribution in [0.4, 0.5) is 11.4 Å². The molecule has 0 spiro atoms. The van der Waals surface area contributed by atoms with Crippen molar-refractivity contribution in [3.8, 4) is 5.75 Å². The van der Waals surface area contributed by atoms with Crippen molar-refractivity contribution in [2.45, 2.75) is 6.92 Å². The van der Waals surface area contributed by atoms with Gasteiger partial charge in [0.25, 0.3) is 0 Å². The Balaban J connectivity index is 2.98. The number of nitrogens with one attached hydrogen (secondary N) is 1. The van der Waals surface area contributed by atoms with E-state index in [1.54, 1.807) is 13.2 Å². The Morgan fingerprint density at radius 1 is 1.57 bits per heavy atom. The van der Waals surface area contributed by atoms with E-state index >= 15 is 0 Å². The average molecular weight is 192 g/mol. The molecule has 76 valence electrons. The van der Waals surface area contributed by atoms with Crippen LogP contribution in [0, 0.1) is 6.92 Å². The molecule has 0 amide bonds. The second kappa shape index (κ2) is 4.56. The second-order valence-corrected chi connectivity index (χ2v) is 3.08. The third-order valence-corrected chi connectivity index (χ3v) is 2.00. The van der Waals surface area contributed by atoms with Crippen molar-refractivity contribution in [1.82, 2.24) is 0 Å². The Hall–Kier alpha value is -1.64. The van der Waals surface area contributed by atoms with Crippen molar-refractivity contribution in [3.63, 3.8) is 0 Å². The molecule has 3 N–H and O–H groups in total. The van der Waals surface area contributed by atoms with Crippen LogP contribution in [-0.4, -0.2) is 13.7 Å². The summed E-state index contributed by atoms with van der Waals surface area (Å²) in [6.07, 6.45) is 1.78. The van der Waals surface area contributed by atoms with Crippen molar-refractivity contribution in [3.05, 3.63) is 30.4 Å². The minimum atomic E-state index is 0.691. The highest BCUT2D eigenvalue weighted by Gasteiger charge is 2.03. The van der Waals surface area contributed by atoms with E-state index in [1.807, 2.05) is 19.1 Å². The zero-order chi connectivity index (χ0) is 10.6. The minimum absolute atomic E-state index is 0.691. The van der Waals surface area contributed by atoms with Crippen LogP contribution in [-0.2, 0) is 0 Å². The van der Waals surface area contributed by atoms with E-state index < -0.39 is 0 Å². The fourth-order valence-electron chi connectivity index (χ4n) is 1.27. The van der Waals surface area contributed by atoms with E-state index in [0.717, 1.165) is 22.7 Å². The largest absolute Gasteiger partial charge is 0.496 e. The number of methoxy groups -OCH3 is 1. The van der Waals surface area contributed by atoms with E-state index in [0.29, 0.717) is 6.54 Å². The van der Waals surface area contributed by atoms with Crippen LogP contribution < -0.4 is 15.8 Å². The minimum Gasteiger partial charge on any atom is -0.496 e. The summed E-state index contributed by atoms with van der Waals surface area (Å²) in [6, 6.07) is 3.79. The van der Waals surface area contributed by atoms with Gasteiger partial charge in [-0.1, -0.05) is 6.08 Å². The van der Waals surface area contributed by atoms with E-state index in [2.05, 4.69) is 11.9 Å². The third kappa shape index (κ3) is 2.19. The van der Waals surface area contributed by atoms with E-state index in [-0.39, 0.29) is 0 Å². The molecule has 14 heavy (non-hydrogen) atoms. The van der Waals surface area contributed by atoms with Crippen LogP contribution in [0.3, 0.4) is 0 Å². The van der Waals surface area contributed by atoms with Gasteiger partial charge in [-0.05, 0) is 18.6 Å². The number of nitrogens with two attached hydrogens (primary N) is 1. The van der Waals surface area contributed by atoms with Crippen molar-refractivity contribution in [2.75, 3.05) is 24.7 Å². The van der Waals surface area contributed by atoms with Crippen LogP contribution in [0.15, 0.2) is 24.8 Å². The molecule has 0 aliphatic heterocycles. The Bertz CT molecular complexity index is 334. The number of hydrogen-bond acceptors (Lipinski definition) is 3. The first kappa shape index (κ1) is 10.4. The molecule has 1 aromatic rings. The van der Waals surface area contributed by atoms with Crippen molar-refractivity contribution in [2.24, 2.45) is 0 Å². The molecule has 1 rings (SSSR count). The molecule has 0 radical (unpaired) electrons. The molecule has 0 aliphatic rings. The van der Waals surface area contributed by atoms with Crippen LogP contribution in [0.1, 0.15) is 5.56 Å². The first-order chi connectivity index (χ1) is 6.69. The van der Waals surface area contributed by atoms with E-state index in [1.165, 1.54) is 0 Å². The normalized spacial score (nSPS) is 9.57. The van der Waals surface area contributed by atoms with E-state index in [9.17, 15) is 0 Å². The fraction of sp³-hybridized carbons (Fsp3) is 0.273. The molecular weight excluding hydrogens is 176 g/mol. The van der Waals surface area contributed by atoms with Gasteiger partial charge in [-0.15, -0.1) is 6.58 Å². The number of benzene rings is 1. The molecule has 0 fully saturated rings. The predicted molar refractivity (Wildman–Crippen MR) is 60.8 cm³/mol. The van der Waals surface area contributed by atoms with Crippen LogP contribution >= 0.6 is 0 Å². The summed E-state index contributed by atoms with van der Waals surface area (Å²) in [6.45, 7) is 6.29. The van der Waals surface area contributed by atoms with Crippen LogP contribution in [0.5, 0.6) is 5.75 Å². The molecule has 0 bridgehead atoms. The fourth-order valence-corrected chi connectivity index (χ4v) is 1.27. The number of aryl methyl sites for hydroxylation is 1. The van der Waals surface area contributed by atoms with Crippen LogP contribution in [0.25, 0.3) is 0 Å². The van der Waals surface area contributed by atoms with Gasteiger partial charge in [0, 0.05) is 12.6 Å². The maximum atomic E-state index is 5.83. The first-order valence-electron chi connectivity index (χ1n) is 4.48. The third-order valence-electron chi connectivity index (χ3n) is 2.00. The lowest BCUT2D eigenvalue weighted by atomic mass is 10.1. The molecule has 0 saturated heterocycles. The highest BCUT2D eigenvalue weighted by molar-refractivity contribution is 5.70. The Kier molecular flexibility index (Phi) is 3.40. The summed E-state index contributed by atoms with van der Waals surface area (Å²) in [4.78, 5) is 0. The number of hydrogen-bond donors (Lipinski definition) is 2. The molecule has 0 aromatic heterocycles. The molecule has 3 heteroatoms. The molecule has 0 unspecified atom stereocenters. The topological polar surface area (TPSA) is 47.3 Å². The lowest BCUT2D eigenvalue weighted by Crippen LogP contribution is -2.02. The zero-order valence-electron chi connectivity index (χ0n) is 8.63. The second-order valence-electron chi connectivity index (χ2n) is 3.08. The standard InChI is InChI=1S/C11H16N2O/c1-4-5-13-10-7-11(14-3)8(2)6-9(10)12/h4,6-7,13H,1,5,12H2,2-3H3. The van der Waals surface area contributed by atoms with Gasteiger partial charge in [0.1, 0.15) is 5.75 Å². The molecule has 3 nitrogen and oxygen atoms in total. The quantitative estimate of drug-likeness (QED) is 0.568. The zero-order valence-corrected chi connectivity index (χ0v) is 8.63. The number of anilines is 2. The first-order valence-corrected chi connectivity index (χ1v) is 4.48. The Morgan fingerprint density at radius 2 is 2.29 bits per heavy atom. The van der Waals surface area contributed by atoms with Gasteiger partial charge in [0.05, 0.1) is 18.5 Å². The lowest BCUT2D eigenvalue weighted by Gasteiger charge is -2.11. The molecular formula is C11H16N2O. The monoisotopic (exact) mass is 192 g/mol. The molecule has 0 saturated carbocycles. The van der Waals surface area contributed by atoms with Crippen molar-refractivity contribution < 1.29 is 4.74 Å². The smallest absolute Gasteiger partial charge is 0.123 e. The summed E-state index contributed by atoms with van der Waals surface area (Å²) in [5, 5.41) is 3.14. The summed E-state index contributed by atoms with van der Waals surface area (Å²) in [5.41, 5.74) is 8.48. The number of rotatable bonds is 4. The average Bonchev–Trinajstić information content (AvgIpc) is 2.17. The van der Waals surface area contributed by atoms with Gasteiger partial charge in [-0.25, -0.2) is 0 Å². The summed E-state index contributed by atoms with van der Waals surface area (Å²) in [5.74, 6) is 0.839. The lowest BCUT2D eigenvalue weighted by molar-refractivity contribution is 0.412. The number of nitrogen functional groups attached to an aromatic ring is 1. The predicted octanol–water partition coefficient (Wildman–Crippen LogP) is 2.18. The summed E-state index contributed by atoms with van der Waals surface area (Å²) < 4.78 is 5.20. The maximum absolute atomic E-state index is 5.83. The summed E-state index contributed by atoms with van der Waals surface area (Å²) in [7, 11) is 1.65. The van der Waals surface area contributed by atoms with Crippen molar-refractivity contribution in [1.29, 1.82) is 0 Å². The van der Waals surface area contributed by atoms with Gasteiger partial charge in [-0.2, -0.15) is 0 Å². The van der Waals surface area contributed by atoms with Gasteiger partial charge in [0.15, 0.2) is 0 Å². The molecule has 0 heterocycles. The number of ether oxygens (including phenoxy) is 1. The highest BCUT2D eigenvalue weighted by Crippen LogP contribution is 2.28.